The molecule has 2 fully saturated rings. The predicted octanol–water partition coefficient (Wildman–Crippen LogP) is 1.41. The molecule has 4 nitrogen and oxygen atoms in total. The molecule has 1 aliphatic heterocycles. The van der Waals surface area contributed by atoms with E-state index in [2.05, 4.69) is 16.0 Å². The predicted molar refractivity (Wildman–Crippen MR) is 78.1 cm³/mol. The van der Waals surface area contributed by atoms with E-state index >= 15 is 0 Å². The number of nitrogens with one attached hydrogen (secondary N) is 3. The van der Waals surface area contributed by atoms with Crippen LogP contribution in [-0.4, -0.2) is 38.1 Å². The van der Waals surface area contributed by atoms with E-state index in [0.717, 1.165) is 39.0 Å². The number of rotatable bonds is 5. The van der Waals surface area contributed by atoms with Gasteiger partial charge in [0.1, 0.15) is 0 Å². The summed E-state index contributed by atoms with van der Waals surface area (Å²) in [5.41, 5.74) is 0. The summed E-state index contributed by atoms with van der Waals surface area (Å²) >= 11 is 0. The third kappa shape index (κ3) is 5.49. The Morgan fingerprint density at radius 3 is 2.47 bits per heavy atom. The van der Waals surface area contributed by atoms with Crippen molar-refractivity contribution >= 4 is 5.91 Å². The minimum Gasteiger partial charge on any atom is -0.355 e. The molecule has 0 aromatic rings. The molecule has 0 aromatic carbocycles. The zero-order valence-corrected chi connectivity index (χ0v) is 12.0. The molecule has 3 N–H and O–H groups in total. The van der Waals surface area contributed by atoms with E-state index in [1.165, 1.54) is 38.5 Å². The van der Waals surface area contributed by atoms with E-state index < -0.39 is 0 Å². The Morgan fingerprint density at radius 1 is 1.00 bits per heavy atom. The molecule has 1 amide bonds. The van der Waals surface area contributed by atoms with Crippen molar-refractivity contribution in [1.82, 2.24) is 16.0 Å². The van der Waals surface area contributed by atoms with Crippen LogP contribution in [0.2, 0.25) is 0 Å². The molecule has 1 saturated carbocycles. The molecule has 0 aromatic heterocycles. The van der Waals surface area contributed by atoms with E-state index in [-0.39, 0.29) is 11.8 Å². The fourth-order valence-corrected chi connectivity index (χ4v) is 3.17. The Bertz CT molecular complexity index is 256. The Hall–Kier alpha value is -0.610. The third-order valence-corrected chi connectivity index (χ3v) is 4.38. The number of hydrogen-bond acceptors (Lipinski definition) is 3. The fourth-order valence-electron chi connectivity index (χ4n) is 3.17. The van der Waals surface area contributed by atoms with Gasteiger partial charge in [-0.15, -0.1) is 0 Å². The summed E-state index contributed by atoms with van der Waals surface area (Å²) in [5, 5.41) is 9.94. The molecule has 110 valence electrons. The lowest BCUT2D eigenvalue weighted by atomic mass is 9.99. The van der Waals surface area contributed by atoms with Crippen LogP contribution in [0.1, 0.15) is 51.4 Å². The molecule has 1 unspecified atom stereocenters. The largest absolute Gasteiger partial charge is 0.355 e. The van der Waals surface area contributed by atoms with Gasteiger partial charge in [-0.3, -0.25) is 4.79 Å². The van der Waals surface area contributed by atoms with Crippen molar-refractivity contribution in [3.63, 3.8) is 0 Å². The minimum atomic E-state index is 0.187. The number of amides is 1. The van der Waals surface area contributed by atoms with Crippen molar-refractivity contribution in [2.75, 3.05) is 26.2 Å². The first-order chi connectivity index (χ1) is 9.36. The Labute approximate surface area is 117 Å². The molecule has 19 heavy (non-hydrogen) atoms. The van der Waals surface area contributed by atoms with E-state index in [1.54, 1.807) is 0 Å². The maximum absolute atomic E-state index is 11.9. The van der Waals surface area contributed by atoms with Crippen LogP contribution in [0, 0.1) is 5.92 Å². The van der Waals surface area contributed by atoms with Crippen LogP contribution in [0.25, 0.3) is 0 Å². The molecule has 0 radical (unpaired) electrons. The van der Waals surface area contributed by atoms with E-state index in [9.17, 15) is 4.79 Å². The second-order valence-corrected chi connectivity index (χ2v) is 5.98. The van der Waals surface area contributed by atoms with Crippen LogP contribution >= 0.6 is 0 Å². The second-order valence-electron chi connectivity index (χ2n) is 5.98. The van der Waals surface area contributed by atoms with Gasteiger partial charge in [0.2, 0.25) is 5.91 Å². The van der Waals surface area contributed by atoms with Crippen LogP contribution in [0.5, 0.6) is 0 Å². The van der Waals surface area contributed by atoms with Crippen molar-refractivity contribution in [1.29, 1.82) is 0 Å². The zero-order valence-electron chi connectivity index (χ0n) is 12.0. The fraction of sp³-hybridized carbons (Fsp3) is 0.933. The highest BCUT2D eigenvalue weighted by molar-refractivity contribution is 5.78. The van der Waals surface area contributed by atoms with Crippen molar-refractivity contribution in [3.8, 4) is 0 Å². The topological polar surface area (TPSA) is 53.2 Å². The van der Waals surface area contributed by atoms with Crippen LogP contribution in [0.3, 0.4) is 0 Å². The monoisotopic (exact) mass is 267 g/mol. The molecule has 1 saturated heterocycles. The highest BCUT2D eigenvalue weighted by atomic mass is 16.1. The Morgan fingerprint density at radius 2 is 1.79 bits per heavy atom. The number of hydrogen-bond donors (Lipinski definition) is 3. The lowest BCUT2D eigenvalue weighted by Crippen LogP contribution is -2.43. The van der Waals surface area contributed by atoms with Gasteiger partial charge in [0.15, 0.2) is 0 Å². The normalized spacial score (nSPS) is 25.8. The van der Waals surface area contributed by atoms with Gasteiger partial charge in [-0.05, 0) is 32.2 Å². The van der Waals surface area contributed by atoms with Gasteiger partial charge in [0, 0.05) is 25.7 Å². The molecule has 4 heteroatoms. The second kappa shape index (κ2) is 8.54. The van der Waals surface area contributed by atoms with Gasteiger partial charge in [-0.25, -0.2) is 0 Å². The van der Waals surface area contributed by atoms with E-state index in [4.69, 9.17) is 0 Å². The quantitative estimate of drug-likeness (QED) is 0.521. The van der Waals surface area contributed by atoms with Crippen molar-refractivity contribution in [2.45, 2.75) is 57.4 Å². The molecular weight excluding hydrogens is 238 g/mol. The van der Waals surface area contributed by atoms with Crippen molar-refractivity contribution in [3.05, 3.63) is 0 Å². The molecule has 2 rings (SSSR count). The highest BCUT2D eigenvalue weighted by Crippen LogP contribution is 2.16. The van der Waals surface area contributed by atoms with Crippen LogP contribution in [0.15, 0.2) is 0 Å². The van der Waals surface area contributed by atoms with Gasteiger partial charge < -0.3 is 16.0 Å². The summed E-state index contributed by atoms with van der Waals surface area (Å²) < 4.78 is 0. The first-order valence-electron chi connectivity index (χ1n) is 8.08. The molecule has 1 aliphatic carbocycles. The van der Waals surface area contributed by atoms with E-state index in [0.29, 0.717) is 6.04 Å². The highest BCUT2D eigenvalue weighted by Gasteiger charge is 2.20. The molecule has 1 heterocycles. The Kier molecular flexibility index (Phi) is 6.65. The van der Waals surface area contributed by atoms with Crippen molar-refractivity contribution in [2.24, 2.45) is 5.92 Å². The maximum atomic E-state index is 11.9. The SMILES string of the molecule is O=C(NCCNC1CCCCCC1)C1CCCNC1. The summed E-state index contributed by atoms with van der Waals surface area (Å²) in [5.74, 6) is 0.418. The zero-order chi connectivity index (χ0) is 13.3. The van der Waals surface area contributed by atoms with Gasteiger partial charge in [0.05, 0.1) is 5.92 Å². The first-order valence-corrected chi connectivity index (χ1v) is 8.08. The molecule has 1 atom stereocenters. The van der Waals surface area contributed by atoms with Crippen LogP contribution in [0.4, 0.5) is 0 Å². The first kappa shape index (κ1) is 14.8. The van der Waals surface area contributed by atoms with Crippen LogP contribution < -0.4 is 16.0 Å². The molecule has 0 spiro atoms. The van der Waals surface area contributed by atoms with Gasteiger partial charge in [-0.2, -0.15) is 0 Å². The van der Waals surface area contributed by atoms with Crippen LogP contribution in [-0.2, 0) is 4.79 Å². The summed E-state index contributed by atoms with van der Waals surface area (Å²) in [6.45, 7) is 3.59. The number of piperidine rings is 1. The minimum absolute atomic E-state index is 0.187. The number of carbonyl (C=O) groups excluding carboxylic acids is 1. The van der Waals surface area contributed by atoms with Gasteiger partial charge in [0.25, 0.3) is 0 Å². The average molecular weight is 267 g/mol. The average Bonchev–Trinajstić information content (AvgIpc) is 2.73. The molecule has 0 bridgehead atoms. The standard InChI is InChI=1S/C15H29N3O/c19-15(13-6-5-9-16-12-13)18-11-10-17-14-7-3-1-2-4-8-14/h13-14,16-17H,1-12H2,(H,18,19). The third-order valence-electron chi connectivity index (χ3n) is 4.38. The summed E-state index contributed by atoms with van der Waals surface area (Å²) in [4.78, 5) is 11.9. The lowest BCUT2D eigenvalue weighted by Gasteiger charge is -2.22. The molecule has 2 aliphatic rings. The van der Waals surface area contributed by atoms with E-state index in [1.807, 2.05) is 0 Å². The Balaban J connectivity index is 1.54. The summed E-state index contributed by atoms with van der Waals surface area (Å²) in [6.07, 6.45) is 10.3. The summed E-state index contributed by atoms with van der Waals surface area (Å²) in [6, 6.07) is 0.677. The number of carbonyl (C=O) groups is 1. The smallest absolute Gasteiger partial charge is 0.224 e. The lowest BCUT2D eigenvalue weighted by molar-refractivity contribution is -0.125. The van der Waals surface area contributed by atoms with Crippen molar-refractivity contribution < 1.29 is 4.79 Å². The van der Waals surface area contributed by atoms with Gasteiger partial charge >= 0.3 is 0 Å². The summed E-state index contributed by atoms with van der Waals surface area (Å²) in [7, 11) is 0. The van der Waals surface area contributed by atoms with Gasteiger partial charge in [-0.1, -0.05) is 25.7 Å². The maximum Gasteiger partial charge on any atom is 0.224 e. The molecular formula is C15H29N3O.